The van der Waals surface area contributed by atoms with E-state index in [0.717, 1.165) is 5.56 Å². The fraction of sp³-hybridized carbons (Fsp3) is 0.125. The van der Waals surface area contributed by atoms with Crippen LogP contribution in [0, 0.1) is 12.7 Å². The van der Waals surface area contributed by atoms with E-state index in [1.807, 2.05) is 16.8 Å². The third-order valence-corrected chi connectivity index (χ3v) is 3.46. The lowest BCUT2D eigenvalue weighted by atomic mass is 10.2. The van der Waals surface area contributed by atoms with Crippen LogP contribution in [0.5, 0.6) is 0 Å². The molecule has 0 aliphatic carbocycles. The first-order valence-corrected chi connectivity index (χ1v) is 7.42. The van der Waals surface area contributed by atoms with E-state index in [0.29, 0.717) is 11.3 Å². The van der Waals surface area contributed by atoms with Gasteiger partial charge in [0.05, 0.1) is 0 Å². The highest BCUT2D eigenvalue weighted by Crippen LogP contribution is 2.13. The molecule has 0 bridgehead atoms. The van der Waals surface area contributed by atoms with Crippen molar-refractivity contribution < 1.29 is 18.7 Å². The lowest BCUT2D eigenvalue weighted by molar-refractivity contribution is -0.142. The van der Waals surface area contributed by atoms with Gasteiger partial charge in [-0.2, -0.15) is 11.3 Å². The quantitative estimate of drug-likeness (QED) is 0.679. The Morgan fingerprint density at radius 2 is 2.18 bits per heavy atom. The zero-order valence-corrected chi connectivity index (χ0v) is 12.7. The average Bonchev–Trinajstić information content (AvgIpc) is 3.00. The molecule has 1 aromatic heterocycles. The minimum Gasteiger partial charge on any atom is -0.452 e. The molecule has 0 atom stereocenters. The zero-order chi connectivity index (χ0) is 15.9. The van der Waals surface area contributed by atoms with Gasteiger partial charge in [-0.15, -0.1) is 0 Å². The zero-order valence-electron chi connectivity index (χ0n) is 11.8. The molecular weight excluding hydrogens is 305 g/mol. The smallest absolute Gasteiger partial charge is 0.331 e. The SMILES string of the molecule is Cc1ccc(NC(=O)COC(=O)/C=C/c2ccsc2)cc1F. The number of benzene rings is 1. The summed E-state index contributed by atoms with van der Waals surface area (Å²) in [6, 6.07) is 6.20. The first-order chi connectivity index (χ1) is 10.5. The van der Waals surface area contributed by atoms with Crippen LogP contribution in [0.3, 0.4) is 0 Å². The number of nitrogens with one attached hydrogen (secondary N) is 1. The van der Waals surface area contributed by atoms with E-state index in [-0.39, 0.29) is 0 Å². The van der Waals surface area contributed by atoms with Crippen molar-refractivity contribution in [2.24, 2.45) is 0 Å². The molecule has 0 saturated carbocycles. The van der Waals surface area contributed by atoms with Crippen LogP contribution in [-0.4, -0.2) is 18.5 Å². The Balaban J connectivity index is 1.79. The number of hydrogen-bond acceptors (Lipinski definition) is 4. The largest absolute Gasteiger partial charge is 0.452 e. The number of esters is 1. The van der Waals surface area contributed by atoms with E-state index < -0.39 is 24.3 Å². The van der Waals surface area contributed by atoms with Gasteiger partial charge in [0.25, 0.3) is 5.91 Å². The number of thiophene rings is 1. The predicted molar refractivity (Wildman–Crippen MR) is 84.1 cm³/mol. The van der Waals surface area contributed by atoms with Gasteiger partial charge in [0, 0.05) is 11.8 Å². The first-order valence-electron chi connectivity index (χ1n) is 6.47. The lowest BCUT2D eigenvalue weighted by Crippen LogP contribution is -2.20. The van der Waals surface area contributed by atoms with Crippen LogP contribution in [0.25, 0.3) is 6.08 Å². The highest BCUT2D eigenvalue weighted by Gasteiger charge is 2.07. The molecule has 0 aliphatic rings. The standard InChI is InChI=1S/C16H14FNO3S/c1-11-2-4-13(8-14(11)17)18-15(19)9-21-16(20)5-3-12-6-7-22-10-12/h2-8,10H,9H2,1H3,(H,18,19)/b5-3+. The number of hydrogen-bond donors (Lipinski definition) is 1. The van der Waals surface area contributed by atoms with Crippen molar-refractivity contribution in [2.45, 2.75) is 6.92 Å². The fourth-order valence-electron chi connectivity index (χ4n) is 1.59. The third-order valence-electron chi connectivity index (χ3n) is 2.76. The summed E-state index contributed by atoms with van der Waals surface area (Å²) in [4.78, 5) is 23.1. The molecule has 114 valence electrons. The molecule has 2 rings (SSSR count). The molecule has 0 radical (unpaired) electrons. The number of carbonyl (C=O) groups is 2. The minimum atomic E-state index is -0.614. The number of rotatable bonds is 5. The Bertz CT molecular complexity index is 695. The minimum absolute atomic E-state index is 0.318. The van der Waals surface area contributed by atoms with Gasteiger partial charge in [0.2, 0.25) is 0 Å². The molecule has 1 N–H and O–H groups in total. The van der Waals surface area contributed by atoms with Gasteiger partial charge in [-0.3, -0.25) is 4.79 Å². The average molecular weight is 319 g/mol. The molecule has 2 aromatic rings. The van der Waals surface area contributed by atoms with E-state index >= 15 is 0 Å². The molecule has 22 heavy (non-hydrogen) atoms. The summed E-state index contributed by atoms with van der Waals surface area (Å²) in [5, 5.41) is 6.22. The van der Waals surface area contributed by atoms with Crippen LogP contribution in [-0.2, 0) is 14.3 Å². The number of carbonyl (C=O) groups excluding carboxylic acids is 2. The van der Waals surface area contributed by atoms with Gasteiger partial charge < -0.3 is 10.1 Å². The second-order valence-electron chi connectivity index (χ2n) is 4.51. The molecule has 4 nitrogen and oxygen atoms in total. The van der Waals surface area contributed by atoms with E-state index in [4.69, 9.17) is 4.74 Å². The molecule has 0 aliphatic heterocycles. The maximum Gasteiger partial charge on any atom is 0.331 e. The summed E-state index contributed by atoms with van der Waals surface area (Å²) in [5.41, 5.74) is 1.70. The van der Waals surface area contributed by atoms with E-state index in [9.17, 15) is 14.0 Å². The van der Waals surface area contributed by atoms with Crippen molar-refractivity contribution >= 4 is 35.0 Å². The molecule has 6 heteroatoms. The van der Waals surface area contributed by atoms with Crippen LogP contribution in [0.1, 0.15) is 11.1 Å². The maximum atomic E-state index is 13.3. The van der Waals surface area contributed by atoms with Crippen molar-refractivity contribution in [3.63, 3.8) is 0 Å². The Hall–Kier alpha value is -2.47. The van der Waals surface area contributed by atoms with Crippen LogP contribution in [0.4, 0.5) is 10.1 Å². The Labute approximate surface area is 131 Å². The molecule has 1 amide bonds. The summed E-state index contributed by atoms with van der Waals surface area (Å²) in [6.07, 6.45) is 2.85. The molecule has 0 saturated heterocycles. The summed E-state index contributed by atoms with van der Waals surface area (Å²) < 4.78 is 18.1. The van der Waals surface area contributed by atoms with E-state index in [1.54, 1.807) is 25.1 Å². The molecule has 1 aromatic carbocycles. The van der Waals surface area contributed by atoms with E-state index in [2.05, 4.69) is 5.32 Å². The third kappa shape index (κ3) is 4.82. The predicted octanol–water partition coefficient (Wildman–Crippen LogP) is 3.39. The summed E-state index contributed by atoms with van der Waals surface area (Å²) in [5.74, 6) is -1.55. The van der Waals surface area contributed by atoms with Crippen LogP contribution in [0.15, 0.2) is 41.1 Å². The molecule has 0 unspecified atom stereocenters. The highest BCUT2D eigenvalue weighted by molar-refractivity contribution is 7.08. The number of anilines is 1. The number of aryl methyl sites for hydroxylation is 1. The van der Waals surface area contributed by atoms with Gasteiger partial charge >= 0.3 is 5.97 Å². The van der Waals surface area contributed by atoms with Crippen molar-refractivity contribution in [1.29, 1.82) is 0 Å². The van der Waals surface area contributed by atoms with Crippen molar-refractivity contribution in [2.75, 3.05) is 11.9 Å². The highest BCUT2D eigenvalue weighted by atomic mass is 32.1. The second kappa shape index (κ2) is 7.51. The Kier molecular flexibility index (Phi) is 5.43. The van der Waals surface area contributed by atoms with Gasteiger partial charge in [0.15, 0.2) is 6.61 Å². The van der Waals surface area contributed by atoms with Crippen LogP contribution >= 0.6 is 11.3 Å². The molecular formula is C16H14FNO3S. The van der Waals surface area contributed by atoms with Gasteiger partial charge in [-0.05, 0) is 53.1 Å². The molecule has 1 heterocycles. The first kappa shape index (κ1) is 15.9. The monoisotopic (exact) mass is 319 g/mol. The number of amides is 1. The topological polar surface area (TPSA) is 55.4 Å². The molecule has 0 fully saturated rings. The fourth-order valence-corrected chi connectivity index (χ4v) is 2.22. The summed E-state index contributed by atoms with van der Waals surface area (Å²) in [6.45, 7) is 1.20. The van der Waals surface area contributed by atoms with Crippen molar-refractivity contribution in [3.8, 4) is 0 Å². The maximum absolute atomic E-state index is 13.3. The number of halogens is 1. The van der Waals surface area contributed by atoms with E-state index in [1.165, 1.54) is 23.5 Å². The second-order valence-corrected chi connectivity index (χ2v) is 5.29. The van der Waals surface area contributed by atoms with Gasteiger partial charge in [0.1, 0.15) is 5.82 Å². The summed E-state index contributed by atoms with van der Waals surface area (Å²) >= 11 is 1.51. The van der Waals surface area contributed by atoms with Crippen molar-refractivity contribution in [3.05, 3.63) is 58.0 Å². The Morgan fingerprint density at radius 1 is 1.36 bits per heavy atom. The molecule has 0 spiro atoms. The van der Waals surface area contributed by atoms with Gasteiger partial charge in [-0.25, -0.2) is 9.18 Å². The number of ether oxygens (including phenoxy) is 1. The lowest BCUT2D eigenvalue weighted by Gasteiger charge is -2.06. The Morgan fingerprint density at radius 3 is 2.86 bits per heavy atom. The normalized spacial score (nSPS) is 10.6. The van der Waals surface area contributed by atoms with Gasteiger partial charge in [-0.1, -0.05) is 6.07 Å². The summed E-state index contributed by atoms with van der Waals surface area (Å²) in [7, 11) is 0. The van der Waals surface area contributed by atoms with Crippen LogP contribution < -0.4 is 5.32 Å². The van der Waals surface area contributed by atoms with Crippen LogP contribution in [0.2, 0.25) is 0 Å². The van der Waals surface area contributed by atoms with Crippen molar-refractivity contribution in [1.82, 2.24) is 0 Å².